The molecule has 0 saturated heterocycles. The van der Waals surface area contributed by atoms with Crippen molar-refractivity contribution in [1.82, 2.24) is 5.32 Å². The SMILES string of the molecule is Cc1ccc(CNC(=O)[C@@H](C)OC(=O)C[C@@H]2Oc3ccccc3NC2=O)cc1. The zero-order valence-corrected chi connectivity index (χ0v) is 15.7. The van der Waals surface area contributed by atoms with E-state index in [-0.39, 0.29) is 6.42 Å². The second-order valence-electron chi connectivity index (χ2n) is 6.63. The molecule has 7 heteroatoms. The molecule has 1 aliphatic heterocycles. The zero-order valence-electron chi connectivity index (χ0n) is 15.7. The predicted molar refractivity (Wildman–Crippen MR) is 103 cm³/mol. The summed E-state index contributed by atoms with van der Waals surface area (Å²) in [5.74, 6) is -1.03. The number of anilines is 1. The lowest BCUT2D eigenvalue weighted by atomic mass is 10.1. The number of ether oxygens (including phenoxy) is 2. The van der Waals surface area contributed by atoms with E-state index in [4.69, 9.17) is 9.47 Å². The van der Waals surface area contributed by atoms with Crippen molar-refractivity contribution >= 4 is 23.5 Å². The predicted octanol–water partition coefficient (Wildman–Crippen LogP) is 2.33. The molecule has 0 unspecified atom stereocenters. The zero-order chi connectivity index (χ0) is 20.1. The van der Waals surface area contributed by atoms with Crippen molar-refractivity contribution in [2.45, 2.75) is 39.0 Å². The van der Waals surface area contributed by atoms with Gasteiger partial charge in [0.15, 0.2) is 12.2 Å². The number of amides is 2. The Labute approximate surface area is 163 Å². The maximum Gasteiger partial charge on any atom is 0.310 e. The molecule has 146 valence electrons. The molecule has 0 radical (unpaired) electrons. The largest absolute Gasteiger partial charge is 0.478 e. The fraction of sp³-hybridized carbons (Fsp3) is 0.286. The van der Waals surface area contributed by atoms with E-state index >= 15 is 0 Å². The summed E-state index contributed by atoms with van der Waals surface area (Å²) >= 11 is 0. The molecule has 28 heavy (non-hydrogen) atoms. The number of benzene rings is 2. The number of nitrogens with one attached hydrogen (secondary N) is 2. The summed E-state index contributed by atoms with van der Waals surface area (Å²) in [6.07, 6.45) is -2.25. The number of carbonyl (C=O) groups is 3. The van der Waals surface area contributed by atoms with Crippen LogP contribution in [-0.4, -0.2) is 30.0 Å². The van der Waals surface area contributed by atoms with Gasteiger partial charge in [0.1, 0.15) is 5.75 Å². The molecule has 2 atom stereocenters. The summed E-state index contributed by atoms with van der Waals surface area (Å²) < 4.78 is 10.7. The van der Waals surface area contributed by atoms with E-state index in [1.165, 1.54) is 6.92 Å². The van der Waals surface area contributed by atoms with Gasteiger partial charge in [-0.05, 0) is 31.5 Å². The van der Waals surface area contributed by atoms with E-state index < -0.39 is 30.0 Å². The molecule has 0 saturated carbocycles. The monoisotopic (exact) mass is 382 g/mol. The van der Waals surface area contributed by atoms with Gasteiger partial charge in [0.25, 0.3) is 11.8 Å². The standard InChI is InChI=1S/C21H22N2O5/c1-13-7-9-15(10-8-13)12-22-20(25)14(2)27-19(24)11-18-21(26)23-16-5-3-4-6-17(16)28-18/h3-10,14,18H,11-12H2,1-2H3,(H,22,25)(H,23,26)/t14-,18+/m1/s1. The Morgan fingerprint density at radius 2 is 1.89 bits per heavy atom. The first-order chi connectivity index (χ1) is 13.4. The third kappa shape index (κ3) is 4.88. The molecule has 7 nitrogen and oxygen atoms in total. The molecule has 1 aliphatic rings. The molecule has 2 aromatic rings. The van der Waals surface area contributed by atoms with Crippen LogP contribution in [0.15, 0.2) is 48.5 Å². The summed E-state index contributed by atoms with van der Waals surface area (Å²) in [7, 11) is 0. The summed E-state index contributed by atoms with van der Waals surface area (Å²) in [6, 6.07) is 14.7. The first kappa shape index (κ1) is 19.4. The van der Waals surface area contributed by atoms with Crippen molar-refractivity contribution in [3.05, 3.63) is 59.7 Å². The van der Waals surface area contributed by atoms with Gasteiger partial charge in [-0.2, -0.15) is 0 Å². The van der Waals surface area contributed by atoms with Crippen molar-refractivity contribution in [3.63, 3.8) is 0 Å². The summed E-state index contributed by atoms with van der Waals surface area (Å²) in [5.41, 5.74) is 2.64. The minimum absolute atomic E-state index is 0.282. The van der Waals surface area contributed by atoms with Crippen LogP contribution in [0.4, 0.5) is 5.69 Å². The summed E-state index contributed by atoms with van der Waals surface area (Å²) in [6.45, 7) is 3.81. The number of carbonyl (C=O) groups excluding carboxylic acids is 3. The summed E-state index contributed by atoms with van der Waals surface area (Å²) in [4.78, 5) is 36.3. The number of fused-ring (bicyclic) bond motifs is 1. The molecule has 0 aromatic heterocycles. The molecule has 0 fully saturated rings. The van der Waals surface area contributed by atoms with Gasteiger partial charge in [0.2, 0.25) is 0 Å². The number of aryl methyl sites for hydroxylation is 1. The van der Waals surface area contributed by atoms with Crippen LogP contribution in [0.25, 0.3) is 0 Å². The third-order valence-electron chi connectivity index (χ3n) is 4.32. The molecular weight excluding hydrogens is 360 g/mol. The van der Waals surface area contributed by atoms with Crippen molar-refractivity contribution in [2.24, 2.45) is 0 Å². The second-order valence-corrected chi connectivity index (χ2v) is 6.63. The van der Waals surface area contributed by atoms with Crippen LogP contribution in [0.3, 0.4) is 0 Å². The van der Waals surface area contributed by atoms with Crippen LogP contribution in [0.1, 0.15) is 24.5 Å². The Morgan fingerprint density at radius 3 is 2.64 bits per heavy atom. The molecule has 2 aromatic carbocycles. The number of rotatable bonds is 6. The molecule has 2 N–H and O–H groups in total. The highest BCUT2D eigenvalue weighted by Gasteiger charge is 2.31. The average molecular weight is 382 g/mol. The van der Waals surface area contributed by atoms with E-state index in [0.717, 1.165) is 11.1 Å². The molecule has 0 aliphatic carbocycles. The molecule has 3 rings (SSSR count). The lowest BCUT2D eigenvalue weighted by Crippen LogP contribution is -2.40. The maximum atomic E-state index is 12.1. The normalized spacial score (nSPS) is 16.2. The molecular formula is C21H22N2O5. The first-order valence-corrected chi connectivity index (χ1v) is 9.01. The first-order valence-electron chi connectivity index (χ1n) is 9.01. The quantitative estimate of drug-likeness (QED) is 0.748. The smallest absolute Gasteiger partial charge is 0.310 e. The third-order valence-corrected chi connectivity index (χ3v) is 4.32. The van der Waals surface area contributed by atoms with E-state index in [1.807, 2.05) is 31.2 Å². The number of hydrogen-bond donors (Lipinski definition) is 2. The van der Waals surface area contributed by atoms with E-state index in [1.54, 1.807) is 24.3 Å². The molecule has 0 bridgehead atoms. The van der Waals surface area contributed by atoms with Gasteiger partial charge in [0, 0.05) is 6.54 Å². The molecule has 2 amide bonds. The van der Waals surface area contributed by atoms with Gasteiger partial charge < -0.3 is 20.1 Å². The minimum Gasteiger partial charge on any atom is -0.478 e. The topological polar surface area (TPSA) is 93.7 Å². The van der Waals surface area contributed by atoms with Gasteiger partial charge >= 0.3 is 5.97 Å². The van der Waals surface area contributed by atoms with Crippen LogP contribution < -0.4 is 15.4 Å². The van der Waals surface area contributed by atoms with Crippen LogP contribution in [0.5, 0.6) is 5.75 Å². The van der Waals surface area contributed by atoms with E-state index in [2.05, 4.69) is 10.6 Å². The van der Waals surface area contributed by atoms with Gasteiger partial charge in [-0.3, -0.25) is 14.4 Å². The highest BCUT2D eigenvalue weighted by molar-refractivity contribution is 5.99. The number of para-hydroxylation sites is 2. The molecule has 0 spiro atoms. The average Bonchev–Trinajstić information content (AvgIpc) is 2.67. The van der Waals surface area contributed by atoms with Crippen molar-refractivity contribution in [3.8, 4) is 5.75 Å². The van der Waals surface area contributed by atoms with E-state index in [0.29, 0.717) is 18.0 Å². The van der Waals surface area contributed by atoms with Gasteiger partial charge in [-0.15, -0.1) is 0 Å². The minimum atomic E-state index is -0.995. The fourth-order valence-electron chi connectivity index (χ4n) is 2.72. The summed E-state index contributed by atoms with van der Waals surface area (Å²) in [5, 5.41) is 5.41. The Hall–Kier alpha value is -3.35. The lowest BCUT2D eigenvalue weighted by molar-refractivity contribution is -0.157. The van der Waals surface area contributed by atoms with E-state index in [9.17, 15) is 14.4 Å². The van der Waals surface area contributed by atoms with Crippen LogP contribution in [-0.2, 0) is 25.7 Å². The van der Waals surface area contributed by atoms with Gasteiger partial charge in [-0.1, -0.05) is 42.0 Å². The number of esters is 1. The highest BCUT2D eigenvalue weighted by Crippen LogP contribution is 2.29. The maximum absolute atomic E-state index is 12.1. The van der Waals surface area contributed by atoms with Crippen LogP contribution in [0.2, 0.25) is 0 Å². The van der Waals surface area contributed by atoms with Crippen molar-refractivity contribution in [2.75, 3.05) is 5.32 Å². The number of hydrogen-bond acceptors (Lipinski definition) is 5. The Morgan fingerprint density at radius 1 is 1.18 bits per heavy atom. The Kier molecular flexibility index (Phi) is 5.93. The van der Waals surface area contributed by atoms with Gasteiger partial charge in [-0.25, -0.2) is 0 Å². The lowest BCUT2D eigenvalue weighted by Gasteiger charge is -2.25. The fourth-order valence-corrected chi connectivity index (χ4v) is 2.72. The van der Waals surface area contributed by atoms with Crippen molar-refractivity contribution in [1.29, 1.82) is 0 Å². The van der Waals surface area contributed by atoms with Crippen LogP contribution in [0, 0.1) is 6.92 Å². The molecule has 1 heterocycles. The highest BCUT2D eigenvalue weighted by atomic mass is 16.6. The Bertz CT molecular complexity index is 879. The second kappa shape index (κ2) is 8.56. The van der Waals surface area contributed by atoms with Gasteiger partial charge in [0.05, 0.1) is 12.1 Å². The Balaban J connectivity index is 1.48. The van der Waals surface area contributed by atoms with Crippen LogP contribution >= 0.6 is 0 Å². The van der Waals surface area contributed by atoms with Crippen molar-refractivity contribution < 1.29 is 23.9 Å².